The van der Waals surface area contributed by atoms with Crippen molar-refractivity contribution in [1.82, 2.24) is 19.2 Å². The molecular formula is C28H35FN6O3. The van der Waals surface area contributed by atoms with Crippen molar-refractivity contribution in [2.24, 2.45) is 7.05 Å². The largest absolute Gasteiger partial charge is 0.449 e. The third-order valence-corrected chi connectivity index (χ3v) is 7.90. The summed E-state index contributed by atoms with van der Waals surface area (Å²) in [4.78, 5) is 17.5. The monoisotopic (exact) mass is 522 g/mol. The zero-order chi connectivity index (χ0) is 27.4. The van der Waals surface area contributed by atoms with Gasteiger partial charge in [0.1, 0.15) is 12.1 Å². The van der Waals surface area contributed by atoms with E-state index >= 15 is 4.39 Å². The molecule has 9 nitrogen and oxygen atoms in total. The average Bonchev–Trinajstić information content (AvgIpc) is 3.45. The number of fused-ring (bicyclic) bond motifs is 2. The Hall–Kier alpha value is -3.58. The van der Waals surface area contributed by atoms with Crippen LogP contribution in [0, 0.1) is 17.1 Å². The fraction of sp³-hybridized carbons (Fsp3) is 0.536. The molecule has 3 atom stereocenters. The maximum Gasteiger partial charge on any atom is 0.252 e. The fourth-order valence-corrected chi connectivity index (χ4v) is 5.83. The summed E-state index contributed by atoms with van der Waals surface area (Å²) < 4.78 is 30.3. The van der Waals surface area contributed by atoms with Crippen LogP contribution in [0.2, 0.25) is 0 Å². The van der Waals surface area contributed by atoms with Gasteiger partial charge in [0.2, 0.25) is 11.5 Å². The summed E-state index contributed by atoms with van der Waals surface area (Å²) in [5.41, 5.74) is 2.66. The minimum atomic E-state index is -0.895. The van der Waals surface area contributed by atoms with Gasteiger partial charge in [-0.3, -0.25) is 14.4 Å². The summed E-state index contributed by atoms with van der Waals surface area (Å²) in [5, 5.41) is 13.8. The lowest BCUT2D eigenvalue weighted by Gasteiger charge is -2.49. The molecule has 0 amide bonds. The lowest BCUT2D eigenvalue weighted by molar-refractivity contribution is -0.0445. The summed E-state index contributed by atoms with van der Waals surface area (Å²) in [6, 6.07) is 7.39. The second-order valence-electron chi connectivity index (χ2n) is 10.7. The van der Waals surface area contributed by atoms with Gasteiger partial charge in [-0.05, 0) is 25.8 Å². The van der Waals surface area contributed by atoms with Gasteiger partial charge in [-0.15, -0.1) is 0 Å². The minimum absolute atomic E-state index is 0.0904. The highest BCUT2D eigenvalue weighted by atomic mass is 19.1. The number of nitriles is 1. The van der Waals surface area contributed by atoms with Gasteiger partial charge in [-0.2, -0.15) is 10.4 Å². The molecule has 0 saturated carbocycles. The van der Waals surface area contributed by atoms with Gasteiger partial charge in [0.05, 0.1) is 23.5 Å². The number of ether oxygens (including phenoxy) is 2. The van der Waals surface area contributed by atoms with E-state index in [1.807, 2.05) is 6.92 Å². The molecule has 0 N–H and O–H groups in total. The molecule has 38 heavy (non-hydrogen) atoms. The molecule has 1 aromatic carbocycles. The molecule has 10 heteroatoms. The van der Waals surface area contributed by atoms with Gasteiger partial charge in [0, 0.05) is 63.7 Å². The number of hydrogen-bond acceptors (Lipinski definition) is 7. The van der Waals surface area contributed by atoms with Crippen LogP contribution in [0.15, 0.2) is 29.2 Å². The van der Waals surface area contributed by atoms with Crippen molar-refractivity contribution in [2.75, 3.05) is 18.0 Å². The maximum atomic E-state index is 15.7. The van der Waals surface area contributed by atoms with Crippen molar-refractivity contribution in [2.45, 2.75) is 77.9 Å². The van der Waals surface area contributed by atoms with Crippen molar-refractivity contribution in [3.05, 3.63) is 46.1 Å². The van der Waals surface area contributed by atoms with E-state index in [2.05, 4.69) is 34.8 Å². The van der Waals surface area contributed by atoms with Crippen molar-refractivity contribution in [3.63, 3.8) is 0 Å². The number of nitrogens with zero attached hydrogens (tertiary/aromatic N) is 6. The van der Waals surface area contributed by atoms with Gasteiger partial charge in [-0.25, -0.2) is 4.39 Å². The molecule has 0 aliphatic carbocycles. The van der Waals surface area contributed by atoms with Crippen LogP contribution in [0.3, 0.4) is 0 Å². The summed E-state index contributed by atoms with van der Waals surface area (Å²) in [6.45, 7) is 11.3. The first-order chi connectivity index (χ1) is 18.1. The van der Waals surface area contributed by atoms with Gasteiger partial charge in [0.25, 0.3) is 5.56 Å². The van der Waals surface area contributed by atoms with Crippen LogP contribution in [-0.2, 0) is 13.6 Å². The first-order valence-corrected chi connectivity index (χ1v) is 13.2. The van der Waals surface area contributed by atoms with Crippen LogP contribution in [-0.4, -0.2) is 50.2 Å². The molecule has 0 bridgehead atoms. The Kier molecular flexibility index (Phi) is 6.59. The van der Waals surface area contributed by atoms with E-state index in [0.29, 0.717) is 35.4 Å². The van der Waals surface area contributed by atoms with Crippen molar-refractivity contribution in [3.8, 4) is 17.6 Å². The molecule has 1 unspecified atom stereocenters. The van der Waals surface area contributed by atoms with Crippen molar-refractivity contribution >= 4 is 16.7 Å². The number of halogens is 1. The molecule has 1 saturated heterocycles. The third kappa shape index (κ3) is 4.29. The van der Waals surface area contributed by atoms with Crippen LogP contribution >= 0.6 is 0 Å². The molecule has 1 fully saturated rings. The molecular weight excluding hydrogens is 487 g/mol. The van der Waals surface area contributed by atoms with E-state index < -0.39 is 5.79 Å². The standard InChI is InChI=1S/C28H35FN6O3/c1-7-18-15-35(21-13-24(36)32(6)22-16-33(12-11-30)31-26(21)22)19(8-2)14-34(18)17(3)20-9-10-23-27(25(20)29)38-28(4,5)37-23/h9-10,13,16-19H,7-8,12,14-15H2,1-6H3/t17?,18-,19+/m1/s1. The molecule has 5 rings (SSSR count). The Bertz CT molecular complexity index is 1470. The van der Waals surface area contributed by atoms with Crippen LogP contribution in [0.4, 0.5) is 10.1 Å². The highest BCUT2D eigenvalue weighted by Gasteiger charge is 2.39. The summed E-state index contributed by atoms with van der Waals surface area (Å²) in [7, 11) is 1.72. The van der Waals surface area contributed by atoms with Crippen LogP contribution in [0.25, 0.3) is 11.0 Å². The maximum absolute atomic E-state index is 15.7. The average molecular weight is 523 g/mol. The van der Waals surface area contributed by atoms with E-state index in [-0.39, 0.29) is 41.8 Å². The molecule has 2 aromatic heterocycles. The van der Waals surface area contributed by atoms with Crippen LogP contribution < -0.4 is 19.9 Å². The third-order valence-electron chi connectivity index (χ3n) is 7.90. The zero-order valence-electron chi connectivity index (χ0n) is 22.9. The summed E-state index contributed by atoms with van der Waals surface area (Å²) >= 11 is 0. The van der Waals surface area contributed by atoms with E-state index in [4.69, 9.17) is 14.7 Å². The topological polar surface area (TPSA) is 88.5 Å². The minimum Gasteiger partial charge on any atom is -0.449 e. The van der Waals surface area contributed by atoms with Crippen molar-refractivity contribution < 1.29 is 13.9 Å². The second-order valence-corrected chi connectivity index (χ2v) is 10.7. The van der Waals surface area contributed by atoms with Gasteiger partial charge in [0.15, 0.2) is 11.6 Å². The molecule has 0 spiro atoms. The van der Waals surface area contributed by atoms with E-state index in [9.17, 15) is 4.79 Å². The molecule has 3 aromatic rings. The molecule has 2 aliphatic rings. The smallest absolute Gasteiger partial charge is 0.252 e. The first-order valence-electron chi connectivity index (χ1n) is 13.2. The Morgan fingerprint density at radius 1 is 1.21 bits per heavy atom. The number of aromatic nitrogens is 3. The van der Waals surface area contributed by atoms with E-state index in [0.717, 1.165) is 18.5 Å². The Morgan fingerprint density at radius 2 is 1.95 bits per heavy atom. The van der Waals surface area contributed by atoms with Gasteiger partial charge >= 0.3 is 0 Å². The number of benzene rings is 1. The Morgan fingerprint density at radius 3 is 2.63 bits per heavy atom. The van der Waals surface area contributed by atoms with Crippen molar-refractivity contribution in [1.29, 1.82) is 5.26 Å². The number of aryl methyl sites for hydroxylation is 1. The number of anilines is 1. The van der Waals surface area contributed by atoms with E-state index in [1.165, 1.54) is 0 Å². The number of pyridine rings is 1. The normalized spacial score (nSPS) is 21.6. The molecule has 2 aliphatic heterocycles. The molecule has 4 heterocycles. The molecule has 202 valence electrons. The van der Waals surface area contributed by atoms with Crippen LogP contribution in [0.5, 0.6) is 11.5 Å². The fourth-order valence-electron chi connectivity index (χ4n) is 5.83. The van der Waals surface area contributed by atoms with Crippen LogP contribution in [0.1, 0.15) is 59.1 Å². The SMILES string of the molecule is CC[C@H]1CN(C(C)c2ccc3c(c2F)OC(C)(C)O3)[C@H](CC)CN1c1cc(=O)n(C)c2cn(CC#N)nc12. The number of piperazine rings is 1. The van der Waals surface area contributed by atoms with E-state index in [1.54, 1.807) is 54.5 Å². The highest BCUT2D eigenvalue weighted by molar-refractivity contribution is 5.88. The highest BCUT2D eigenvalue weighted by Crippen LogP contribution is 2.44. The predicted molar refractivity (Wildman–Crippen MR) is 143 cm³/mol. The summed E-state index contributed by atoms with van der Waals surface area (Å²) in [6.07, 6.45) is 3.45. The predicted octanol–water partition coefficient (Wildman–Crippen LogP) is 4.35. The number of rotatable bonds is 6. The molecule has 0 radical (unpaired) electrons. The summed E-state index contributed by atoms with van der Waals surface area (Å²) in [5.74, 6) is -0.665. The van der Waals surface area contributed by atoms with Gasteiger partial charge < -0.3 is 18.9 Å². The van der Waals surface area contributed by atoms with Gasteiger partial charge in [-0.1, -0.05) is 19.9 Å². The zero-order valence-corrected chi connectivity index (χ0v) is 22.9. The lowest BCUT2D eigenvalue weighted by Crippen LogP contribution is -2.59. The number of hydrogen-bond donors (Lipinski definition) is 0. The Labute approximate surface area is 222 Å². The first kappa shape index (κ1) is 26.0. The Balaban J connectivity index is 1.50. The second kappa shape index (κ2) is 9.62. The lowest BCUT2D eigenvalue weighted by atomic mass is 9.96. The quantitative estimate of drug-likeness (QED) is 0.476.